The Hall–Kier alpha value is -8.05. The maximum atomic E-state index is 11.4. The Balaban J connectivity index is 0.000000113. The third-order valence-electron chi connectivity index (χ3n) is 11.3. The Morgan fingerprint density at radius 3 is 1.54 bits per heavy atom. The first-order valence-electron chi connectivity index (χ1n) is 20.8. The summed E-state index contributed by atoms with van der Waals surface area (Å²) in [5.74, 6) is 0. The van der Waals surface area contributed by atoms with E-state index in [-0.39, 0.29) is 10.6 Å². The Morgan fingerprint density at radius 2 is 0.905 bits per heavy atom. The van der Waals surface area contributed by atoms with E-state index in [0.717, 1.165) is 32.8 Å². The number of H-pyrrole nitrogens is 1. The zero-order valence-electron chi connectivity index (χ0n) is 34.0. The van der Waals surface area contributed by atoms with Crippen molar-refractivity contribution >= 4 is 94.7 Å². The number of fused-ring (bicyclic) bond motifs is 11. The van der Waals surface area contributed by atoms with E-state index in [2.05, 4.69) is 161 Å². The number of nitrogens with one attached hydrogen (secondary N) is 1. The smallest absolute Gasteiger partial charge is 0.277 e. The number of hydrogen-bond acceptors (Lipinski definition) is 4. The maximum absolute atomic E-state index is 11.4. The SMILES string of the molecule is O=[N+]([O-])c1ccccc1-c1cc2cccnc2c2ccccc12.c1ccc(P(c2ccccc2)c2ccccc2)cc1.c1ccc2c(c1)[nH]c1c3cccnc3c3ccccc3c21. The Kier molecular flexibility index (Phi) is 10.9. The minimum Gasteiger partial charge on any atom is -0.354 e. The molecule has 9 aromatic carbocycles. The average molecular weight is 831 g/mol. The van der Waals surface area contributed by atoms with Crippen LogP contribution in [0.3, 0.4) is 0 Å². The van der Waals surface area contributed by atoms with Crippen LogP contribution in [0, 0.1) is 10.1 Å². The molecule has 0 bridgehead atoms. The van der Waals surface area contributed by atoms with Crippen molar-refractivity contribution < 1.29 is 4.92 Å². The number of aromatic nitrogens is 3. The fourth-order valence-electron chi connectivity index (χ4n) is 8.53. The van der Waals surface area contributed by atoms with Gasteiger partial charge in [-0.1, -0.05) is 176 Å². The number of hydrogen-bond donors (Lipinski definition) is 1. The van der Waals surface area contributed by atoms with Gasteiger partial charge in [0, 0.05) is 56.3 Å². The van der Waals surface area contributed by atoms with E-state index < -0.39 is 7.92 Å². The van der Waals surface area contributed by atoms with Crippen LogP contribution in [-0.2, 0) is 0 Å². The van der Waals surface area contributed by atoms with Crippen LogP contribution in [0.4, 0.5) is 5.69 Å². The number of aromatic amines is 1. The van der Waals surface area contributed by atoms with Crippen LogP contribution in [0.5, 0.6) is 0 Å². The van der Waals surface area contributed by atoms with Gasteiger partial charge in [0.15, 0.2) is 0 Å². The molecular formula is C56H39N4O2P. The van der Waals surface area contributed by atoms with Gasteiger partial charge in [-0.25, -0.2) is 0 Å². The van der Waals surface area contributed by atoms with Crippen LogP contribution in [0.1, 0.15) is 0 Å². The average Bonchev–Trinajstić information content (AvgIpc) is 3.76. The molecule has 0 atom stereocenters. The van der Waals surface area contributed by atoms with Gasteiger partial charge >= 0.3 is 0 Å². The second-order valence-electron chi connectivity index (χ2n) is 15.0. The van der Waals surface area contributed by atoms with Crippen LogP contribution in [0.25, 0.3) is 76.3 Å². The zero-order chi connectivity index (χ0) is 42.5. The van der Waals surface area contributed by atoms with Crippen LogP contribution in [0.2, 0.25) is 0 Å². The first-order chi connectivity index (χ1) is 31.1. The topological polar surface area (TPSA) is 84.7 Å². The summed E-state index contributed by atoms with van der Waals surface area (Å²) in [7, 11) is -0.446. The molecule has 12 aromatic rings. The van der Waals surface area contributed by atoms with E-state index in [9.17, 15) is 10.1 Å². The van der Waals surface area contributed by atoms with Gasteiger partial charge in [0.05, 0.1) is 27.0 Å². The second-order valence-corrected chi connectivity index (χ2v) is 17.2. The van der Waals surface area contributed by atoms with Gasteiger partial charge in [-0.3, -0.25) is 20.1 Å². The molecule has 0 aliphatic rings. The third-order valence-corrected chi connectivity index (χ3v) is 13.7. The number of rotatable bonds is 5. The van der Waals surface area contributed by atoms with Crippen molar-refractivity contribution in [1.29, 1.82) is 0 Å². The Morgan fingerprint density at radius 1 is 0.429 bits per heavy atom. The van der Waals surface area contributed by atoms with E-state index in [1.807, 2.05) is 60.8 Å². The van der Waals surface area contributed by atoms with Gasteiger partial charge in [0.25, 0.3) is 5.69 Å². The van der Waals surface area contributed by atoms with Crippen LogP contribution in [-0.4, -0.2) is 19.9 Å². The van der Waals surface area contributed by atoms with Gasteiger partial charge in [-0.15, -0.1) is 0 Å². The summed E-state index contributed by atoms with van der Waals surface area (Å²) < 4.78 is 0. The van der Waals surface area contributed by atoms with Crippen molar-refractivity contribution in [2.45, 2.75) is 0 Å². The zero-order valence-corrected chi connectivity index (χ0v) is 34.9. The second kappa shape index (κ2) is 17.5. The standard InChI is InChI=1S/C19H12N2O2.C19H12N2.C18H15P/c22-21(23)18-10-4-3-8-15(18)17-12-13-6-5-11-20-19(13)16-9-2-1-7-14(16)17;1-2-7-13-12(6-1)17-14-8-3-4-10-16(14)21-19(17)15-9-5-11-20-18(13)15;1-4-10-16(11-5-1)19(17-12-6-2-7-13-17)18-14-8-3-9-15-18/h1-12H;1-11,21H;1-15H. The third kappa shape index (κ3) is 7.65. The number of para-hydroxylation sites is 2. The molecule has 300 valence electrons. The van der Waals surface area contributed by atoms with Crippen molar-refractivity contribution in [3.63, 3.8) is 0 Å². The van der Waals surface area contributed by atoms with E-state index in [1.54, 1.807) is 18.3 Å². The van der Waals surface area contributed by atoms with Gasteiger partial charge in [0.1, 0.15) is 0 Å². The van der Waals surface area contributed by atoms with E-state index in [4.69, 9.17) is 0 Å². The maximum Gasteiger partial charge on any atom is 0.277 e. The van der Waals surface area contributed by atoms with Gasteiger partial charge in [0.2, 0.25) is 0 Å². The number of nitro benzene ring substituents is 1. The molecule has 0 saturated carbocycles. The fraction of sp³-hybridized carbons (Fsp3) is 0. The molecule has 0 radical (unpaired) electrons. The molecule has 3 heterocycles. The number of benzene rings is 9. The molecule has 0 unspecified atom stereocenters. The molecule has 3 aromatic heterocycles. The lowest BCUT2D eigenvalue weighted by Gasteiger charge is -2.18. The highest BCUT2D eigenvalue weighted by Gasteiger charge is 2.19. The largest absolute Gasteiger partial charge is 0.354 e. The highest BCUT2D eigenvalue weighted by molar-refractivity contribution is 7.79. The molecule has 0 saturated heterocycles. The molecule has 0 amide bonds. The molecule has 1 N–H and O–H groups in total. The number of pyridine rings is 2. The van der Waals surface area contributed by atoms with E-state index in [0.29, 0.717) is 5.56 Å². The minimum atomic E-state index is -0.446. The number of nitro groups is 1. The summed E-state index contributed by atoms with van der Waals surface area (Å²) in [6.07, 6.45) is 3.63. The predicted molar refractivity (Wildman–Crippen MR) is 265 cm³/mol. The first kappa shape index (κ1) is 39.1. The molecule has 6 nitrogen and oxygen atoms in total. The monoisotopic (exact) mass is 830 g/mol. The molecular weight excluding hydrogens is 792 g/mol. The Bertz CT molecular complexity index is 3470. The molecule has 7 heteroatoms. The number of nitrogens with zero attached hydrogens (tertiary/aromatic N) is 3. The first-order valence-corrected chi connectivity index (χ1v) is 22.1. The summed E-state index contributed by atoms with van der Waals surface area (Å²) in [5, 5.41) is 24.7. The molecule has 0 aliphatic carbocycles. The lowest BCUT2D eigenvalue weighted by Crippen LogP contribution is -2.20. The van der Waals surface area contributed by atoms with Crippen molar-refractivity contribution in [2.75, 3.05) is 0 Å². The molecule has 63 heavy (non-hydrogen) atoms. The van der Waals surface area contributed by atoms with Crippen LogP contribution in [0.15, 0.2) is 231 Å². The van der Waals surface area contributed by atoms with Crippen molar-refractivity contribution in [1.82, 2.24) is 15.0 Å². The van der Waals surface area contributed by atoms with Crippen molar-refractivity contribution in [3.05, 3.63) is 241 Å². The van der Waals surface area contributed by atoms with Gasteiger partial charge in [-0.05, 0) is 76.6 Å². The van der Waals surface area contributed by atoms with Crippen LogP contribution < -0.4 is 15.9 Å². The van der Waals surface area contributed by atoms with Crippen LogP contribution >= 0.6 is 7.92 Å². The van der Waals surface area contributed by atoms with Crippen molar-refractivity contribution in [3.8, 4) is 11.1 Å². The summed E-state index contributed by atoms with van der Waals surface area (Å²) in [4.78, 5) is 23.7. The minimum absolute atomic E-state index is 0.112. The summed E-state index contributed by atoms with van der Waals surface area (Å²) in [6, 6.07) is 74.0. The molecule has 0 fully saturated rings. The normalized spacial score (nSPS) is 11.1. The molecule has 0 aliphatic heterocycles. The van der Waals surface area contributed by atoms with Gasteiger partial charge < -0.3 is 4.98 Å². The quantitative estimate of drug-likeness (QED) is 0.0810. The van der Waals surface area contributed by atoms with E-state index in [1.165, 1.54) is 59.9 Å². The summed E-state index contributed by atoms with van der Waals surface area (Å²) >= 11 is 0. The summed E-state index contributed by atoms with van der Waals surface area (Å²) in [6.45, 7) is 0. The highest BCUT2D eigenvalue weighted by atomic mass is 31.1. The Labute approximate surface area is 365 Å². The van der Waals surface area contributed by atoms with Gasteiger partial charge in [-0.2, -0.15) is 0 Å². The molecule has 0 spiro atoms. The fourth-order valence-corrected chi connectivity index (χ4v) is 10.8. The summed E-state index contributed by atoms with van der Waals surface area (Å²) in [5.41, 5.74) is 5.92. The lowest BCUT2D eigenvalue weighted by molar-refractivity contribution is -0.384. The van der Waals surface area contributed by atoms with E-state index >= 15 is 0 Å². The molecule has 12 rings (SSSR count). The van der Waals surface area contributed by atoms with Crippen molar-refractivity contribution in [2.24, 2.45) is 0 Å². The lowest BCUT2D eigenvalue weighted by atomic mass is 9.94. The predicted octanol–water partition coefficient (Wildman–Crippen LogP) is 13.4. The highest BCUT2D eigenvalue weighted by Crippen LogP contribution is 2.39.